The van der Waals surface area contributed by atoms with E-state index in [1.165, 1.54) is 0 Å². The summed E-state index contributed by atoms with van der Waals surface area (Å²) in [5, 5.41) is 3.36. The second-order valence-corrected chi connectivity index (χ2v) is 3.17. The lowest BCUT2D eigenvalue weighted by Crippen LogP contribution is -2.11. The normalized spacial score (nSPS) is 14.6. The molecule has 14 heavy (non-hydrogen) atoms. The van der Waals surface area contributed by atoms with Crippen LogP contribution >= 0.6 is 0 Å². The van der Waals surface area contributed by atoms with Gasteiger partial charge in [0.1, 0.15) is 5.75 Å². The summed E-state index contributed by atoms with van der Waals surface area (Å²) in [6.07, 6.45) is 8.32. The van der Waals surface area contributed by atoms with E-state index >= 15 is 0 Å². The molecule has 1 aromatic rings. The van der Waals surface area contributed by atoms with Gasteiger partial charge in [0, 0.05) is 5.69 Å². The number of hydrogen-bond donors (Lipinski definition) is 1. The Morgan fingerprint density at radius 1 is 1.07 bits per heavy atom. The highest BCUT2D eigenvalue weighted by Gasteiger charge is 2.02. The number of nitrogens with one attached hydrogen (secondary N) is 1. The Labute approximate surface area is 83.9 Å². The Balaban J connectivity index is 2.02. The number of allylic oxidation sites excluding steroid dienone is 2. The van der Waals surface area contributed by atoms with E-state index in [0.29, 0.717) is 6.04 Å². The summed E-state index contributed by atoms with van der Waals surface area (Å²) in [6.45, 7) is 0. The molecule has 0 fully saturated rings. The zero-order chi connectivity index (χ0) is 9.80. The Morgan fingerprint density at radius 2 is 1.71 bits per heavy atom. The Morgan fingerprint density at radius 3 is 2.29 bits per heavy atom. The minimum absolute atomic E-state index is 0.323. The first-order chi connectivity index (χ1) is 6.88. The number of ether oxygens (including phenoxy) is 1. The molecule has 0 unspecified atom stereocenters. The van der Waals surface area contributed by atoms with Crippen LogP contribution in [-0.4, -0.2) is 13.2 Å². The van der Waals surface area contributed by atoms with Crippen LogP contribution in [0.1, 0.15) is 0 Å². The van der Waals surface area contributed by atoms with Crippen molar-refractivity contribution >= 4 is 5.69 Å². The molecule has 2 rings (SSSR count). The molecule has 0 aromatic heterocycles. The van der Waals surface area contributed by atoms with Crippen molar-refractivity contribution in [3.8, 4) is 5.75 Å². The van der Waals surface area contributed by atoms with Crippen molar-refractivity contribution in [1.29, 1.82) is 0 Å². The van der Waals surface area contributed by atoms with Gasteiger partial charge >= 0.3 is 0 Å². The first-order valence-electron chi connectivity index (χ1n) is 4.64. The highest BCUT2D eigenvalue weighted by atomic mass is 16.5. The monoisotopic (exact) mass is 187 g/mol. The average molecular weight is 187 g/mol. The molecular weight excluding hydrogens is 174 g/mol. The highest BCUT2D eigenvalue weighted by Crippen LogP contribution is 2.17. The SMILES string of the molecule is COc1ccc(NC2C=CC=C2)cc1. The van der Waals surface area contributed by atoms with E-state index in [1.54, 1.807) is 7.11 Å². The predicted molar refractivity (Wildman–Crippen MR) is 58.7 cm³/mol. The topological polar surface area (TPSA) is 21.3 Å². The molecule has 0 spiro atoms. The van der Waals surface area contributed by atoms with E-state index in [9.17, 15) is 0 Å². The van der Waals surface area contributed by atoms with Crippen molar-refractivity contribution in [3.63, 3.8) is 0 Å². The first kappa shape index (κ1) is 8.88. The smallest absolute Gasteiger partial charge is 0.119 e. The molecule has 1 aliphatic rings. The van der Waals surface area contributed by atoms with Crippen LogP contribution in [0.5, 0.6) is 5.75 Å². The highest BCUT2D eigenvalue weighted by molar-refractivity contribution is 5.49. The maximum Gasteiger partial charge on any atom is 0.119 e. The number of benzene rings is 1. The lowest BCUT2D eigenvalue weighted by atomic mass is 10.2. The lowest BCUT2D eigenvalue weighted by molar-refractivity contribution is 0.415. The number of rotatable bonds is 3. The third-order valence-corrected chi connectivity index (χ3v) is 2.17. The number of hydrogen-bond acceptors (Lipinski definition) is 2. The molecule has 72 valence electrons. The number of methoxy groups -OCH3 is 1. The second-order valence-electron chi connectivity index (χ2n) is 3.17. The van der Waals surface area contributed by atoms with Crippen LogP contribution in [0.4, 0.5) is 5.69 Å². The molecular formula is C12H13NO. The fraction of sp³-hybridized carbons (Fsp3) is 0.167. The van der Waals surface area contributed by atoms with Gasteiger partial charge in [0.15, 0.2) is 0 Å². The molecule has 0 bridgehead atoms. The van der Waals surface area contributed by atoms with E-state index in [4.69, 9.17) is 4.74 Å². The van der Waals surface area contributed by atoms with E-state index in [0.717, 1.165) is 11.4 Å². The van der Waals surface area contributed by atoms with Crippen LogP contribution in [0, 0.1) is 0 Å². The van der Waals surface area contributed by atoms with Crippen LogP contribution in [0.3, 0.4) is 0 Å². The summed E-state index contributed by atoms with van der Waals surface area (Å²) in [5.74, 6) is 0.882. The molecule has 1 N–H and O–H groups in total. The minimum atomic E-state index is 0.323. The van der Waals surface area contributed by atoms with Gasteiger partial charge in [0.05, 0.1) is 13.2 Å². The minimum Gasteiger partial charge on any atom is -0.497 e. The van der Waals surface area contributed by atoms with Crippen LogP contribution in [0.25, 0.3) is 0 Å². The van der Waals surface area contributed by atoms with Crippen LogP contribution < -0.4 is 10.1 Å². The molecule has 1 aromatic carbocycles. The zero-order valence-electron chi connectivity index (χ0n) is 8.10. The van der Waals surface area contributed by atoms with Gasteiger partial charge in [-0.3, -0.25) is 0 Å². The molecule has 0 radical (unpaired) electrons. The van der Waals surface area contributed by atoms with E-state index in [2.05, 4.69) is 17.5 Å². The summed E-state index contributed by atoms with van der Waals surface area (Å²) in [4.78, 5) is 0. The quantitative estimate of drug-likeness (QED) is 0.785. The van der Waals surface area contributed by atoms with E-state index < -0.39 is 0 Å². The molecule has 0 atom stereocenters. The third-order valence-electron chi connectivity index (χ3n) is 2.17. The van der Waals surface area contributed by atoms with Gasteiger partial charge in [0.2, 0.25) is 0 Å². The third kappa shape index (κ3) is 1.96. The van der Waals surface area contributed by atoms with Crippen molar-refractivity contribution in [1.82, 2.24) is 0 Å². The summed E-state index contributed by atoms with van der Waals surface area (Å²) in [7, 11) is 1.67. The van der Waals surface area contributed by atoms with Crippen LogP contribution in [-0.2, 0) is 0 Å². The molecule has 0 amide bonds. The summed E-state index contributed by atoms with van der Waals surface area (Å²) in [6, 6.07) is 8.25. The standard InChI is InChI=1S/C12H13NO/c1-14-12-8-6-11(7-9-12)13-10-4-2-3-5-10/h2-10,13H,1H3. The molecule has 0 saturated carbocycles. The summed E-state index contributed by atoms with van der Waals surface area (Å²) >= 11 is 0. The molecule has 2 nitrogen and oxygen atoms in total. The van der Waals surface area contributed by atoms with Gasteiger partial charge in [-0.25, -0.2) is 0 Å². The van der Waals surface area contributed by atoms with Crippen LogP contribution in [0.2, 0.25) is 0 Å². The summed E-state index contributed by atoms with van der Waals surface area (Å²) in [5.41, 5.74) is 1.10. The van der Waals surface area contributed by atoms with E-state index in [-0.39, 0.29) is 0 Å². The Hall–Kier alpha value is -1.70. The predicted octanol–water partition coefficient (Wildman–Crippen LogP) is 2.60. The van der Waals surface area contributed by atoms with Crippen molar-refractivity contribution in [3.05, 3.63) is 48.6 Å². The average Bonchev–Trinajstić information content (AvgIpc) is 2.72. The maximum atomic E-state index is 5.08. The largest absolute Gasteiger partial charge is 0.497 e. The fourth-order valence-electron chi connectivity index (χ4n) is 1.41. The Kier molecular flexibility index (Phi) is 2.54. The van der Waals surface area contributed by atoms with E-state index in [1.807, 2.05) is 36.4 Å². The second kappa shape index (κ2) is 4.01. The van der Waals surface area contributed by atoms with Crippen molar-refractivity contribution < 1.29 is 4.74 Å². The van der Waals surface area contributed by atoms with Crippen molar-refractivity contribution in [2.45, 2.75) is 6.04 Å². The van der Waals surface area contributed by atoms with Crippen molar-refractivity contribution in [2.24, 2.45) is 0 Å². The van der Waals surface area contributed by atoms with Crippen molar-refractivity contribution in [2.75, 3.05) is 12.4 Å². The number of anilines is 1. The van der Waals surface area contributed by atoms with Gasteiger partial charge in [-0.05, 0) is 24.3 Å². The molecule has 2 heteroatoms. The molecule has 0 heterocycles. The molecule has 1 aliphatic carbocycles. The summed E-state index contributed by atoms with van der Waals surface area (Å²) < 4.78 is 5.08. The van der Waals surface area contributed by atoms with Gasteiger partial charge in [-0.1, -0.05) is 24.3 Å². The van der Waals surface area contributed by atoms with Crippen LogP contribution in [0.15, 0.2) is 48.6 Å². The molecule has 0 aliphatic heterocycles. The maximum absolute atomic E-state index is 5.08. The van der Waals surface area contributed by atoms with Gasteiger partial charge in [0.25, 0.3) is 0 Å². The lowest BCUT2D eigenvalue weighted by Gasteiger charge is -2.10. The van der Waals surface area contributed by atoms with Gasteiger partial charge in [-0.2, -0.15) is 0 Å². The first-order valence-corrected chi connectivity index (χ1v) is 4.64. The Bertz CT molecular complexity index is 339. The zero-order valence-corrected chi connectivity index (χ0v) is 8.10. The molecule has 0 saturated heterocycles. The van der Waals surface area contributed by atoms with Gasteiger partial charge < -0.3 is 10.1 Å². The fourth-order valence-corrected chi connectivity index (χ4v) is 1.41. The van der Waals surface area contributed by atoms with Gasteiger partial charge in [-0.15, -0.1) is 0 Å².